The molecule has 0 aromatic carbocycles. The van der Waals surface area contributed by atoms with Gasteiger partial charge in [-0.15, -0.1) is 0 Å². The van der Waals surface area contributed by atoms with Crippen LogP contribution in [0, 0.1) is 0 Å². The van der Waals surface area contributed by atoms with Crippen LogP contribution in [0.1, 0.15) is 34.6 Å². The third-order valence-corrected chi connectivity index (χ3v) is 2.18. The van der Waals surface area contributed by atoms with E-state index in [4.69, 9.17) is 4.74 Å². The maximum Gasteiger partial charge on any atom is 0.322 e. The zero-order chi connectivity index (χ0) is 10.6. The zero-order valence-electron chi connectivity index (χ0n) is 10.00. The zero-order valence-corrected chi connectivity index (χ0v) is 11.0. The van der Waals surface area contributed by atoms with E-state index >= 15 is 0 Å². The van der Waals surface area contributed by atoms with E-state index in [2.05, 4.69) is 32.6 Å². The number of methoxy groups -OCH3 is 1. The summed E-state index contributed by atoms with van der Waals surface area (Å²) in [4.78, 5) is 13.4. The molecule has 0 unspecified atom stereocenters. The molecule has 0 aliphatic carbocycles. The molecule has 0 N–H and O–H groups in total. The molecule has 0 aliphatic heterocycles. The lowest BCUT2D eigenvalue weighted by molar-refractivity contribution is -0.147. The van der Waals surface area contributed by atoms with Gasteiger partial charge in [0.05, 0.1) is 7.11 Å². The number of carbonyl (C=O) groups is 1. The van der Waals surface area contributed by atoms with E-state index in [0.29, 0.717) is 12.1 Å². The highest BCUT2D eigenvalue weighted by atomic mass is 32.1. The van der Waals surface area contributed by atoms with Crippen LogP contribution in [0.4, 0.5) is 0 Å². The smallest absolute Gasteiger partial charge is 0.322 e. The highest BCUT2D eigenvalue weighted by Gasteiger charge is 2.26. The quantitative estimate of drug-likeness (QED) is 0.678. The Kier molecular flexibility index (Phi) is 8.25. The van der Waals surface area contributed by atoms with Crippen LogP contribution in [0.3, 0.4) is 0 Å². The fraction of sp³-hybridized carbons (Fsp3) is 0.900. The highest BCUT2D eigenvalue weighted by molar-refractivity contribution is 7.59. The highest BCUT2D eigenvalue weighted by Crippen LogP contribution is 2.11. The van der Waals surface area contributed by atoms with Crippen LogP contribution in [0.2, 0.25) is 0 Å². The Morgan fingerprint density at radius 2 is 1.43 bits per heavy atom. The fourth-order valence-electron chi connectivity index (χ4n) is 1.78. The van der Waals surface area contributed by atoms with Gasteiger partial charge in [-0.25, -0.2) is 0 Å². The van der Waals surface area contributed by atoms with Crippen molar-refractivity contribution in [2.45, 2.75) is 52.7 Å². The third-order valence-electron chi connectivity index (χ3n) is 2.18. The lowest BCUT2D eigenvalue weighted by Gasteiger charge is -2.34. The molecular weight excluding hydrogens is 198 g/mol. The molecule has 0 aromatic rings. The van der Waals surface area contributed by atoms with Gasteiger partial charge in [0.2, 0.25) is 0 Å². The Labute approximate surface area is 94.3 Å². The minimum absolute atomic E-state index is 0. The van der Waals surface area contributed by atoms with Crippen LogP contribution >= 0.6 is 13.5 Å². The number of carbonyl (C=O) groups excluding carboxylic acids is 1. The molecule has 0 heterocycles. The van der Waals surface area contributed by atoms with Crippen LogP contribution in [-0.4, -0.2) is 36.1 Å². The van der Waals surface area contributed by atoms with Crippen molar-refractivity contribution in [3.8, 4) is 0 Å². The summed E-state index contributed by atoms with van der Waals surface area (Å²) >= 11 is 0. The van der Waals surface area contributed by atoms with Crippen molar-refractivity contribution < 1.29 is 9.53 Å². The second-order valence-corrected chi connectivity index (χ2v) is 3.83. The van der Waals surface area contributed by atoms with E-state index in [-0.39, 0.29) is 25.5 Å². The summed E-state index contributed by atoms with van der Waals surface area (Å²) in [5.74, 6) is -0.164. The second kappa shape index (κ2) is 7.12. The first-order valence-corrected chi connectivity index (χ1v) is 4.77. The molecule has 4 heteroatoms. The molecule has 0 fully saturated rings. The summed E-state index contributed by atoms with van der Waals surface area (Å²) in [5, 5.41) is 0. The largest absolute Gasteiger partial charge is 0.468 e. The van der Waals surface area contributed by atoms with Crippen LogP contribution in [-0.2, 0) is 9.53 Å². The van der Waals surface area contributed by atoms with E-state index < -0.39 is 0 Å². The number of ether oxygens (including phenoxy) is 1. The van der Waals surface area contributed by atoms with Gasteiger partial charge in [-0.05, 0) is 34.6 Å². The van der Waals surface area contributed by atoms with Crippen molar-refractivity contribution in [1.82, 2.24) is 4.90 Å². The van der Waals surface area contributed by atoms with Gasteiger partial charge in [-0.2, -0.15) is 13.5 Å². The van der Waals surface area contributed by atoms with Crippen LogP contribution in [0.25, 0.3) is 0 Å². The molecule has 3 nitrogen and oxygen atoms in total. The van der Waals surface area contributed by atoms with Crippen molar-refractivity contribution in [3.63, 3.8) is 0 Å². The topological polar surface area (TPSA) is 29.5 Å². The Balaban J connectivity index is 0. The maximum absolute atomic E-state index is 11.3. The molecule has 0 rings (SSSR count). The van der Waals surface area contributed by atoms with E-state index in [0.717, 1.165) is 0 Å². The number of rotatable bonds is 4. The van der Waals surface area contributed by atoms with Gasteiger partial charge in [-0.1, -0.05) is 0 Å². The molecule has 0 bridgehead atoms. The first-order valence-electron chi connectivity index (χ1n) is 4.77. The standard InChI is InChI=1S/C10H21NO2.H2S/c1-7(2)11(8(3)4)9(5)10(12)13-6;/h7-9H,1-6H3;1H2/t9-;/m0./s1. The molecular formula is C10H23NO2S. The molecule has 0 amide bonds. The van der Waals surface area contributed by atoms with E-state index in [1.165, 1.54) is 7.11 Å². The van der Waals surface area contributed by atoms with Crippen molar-refractivity contribution in [2.24, 2.45) is 0 Å². The second-order valence-electron chi connectivity index (χ2n) is 3.83. The fourth-order valence-corrected chi connectivity index (χ4v) is 1.78. The van der Waals surface area contributed by atoms with Gasteiger partial charge in [0, 0.05) is 12.1 Å². The Hall–Kier alpha value is -0.220. The first-order chi connectivity index (χ1) is 5.91. The number of hydrogen-bond acceptors (Lipinski definition) is 3. The Morgan fingerprint density at radius 1 is 1.07 bits per heavy atom. The third kappa shape index (κ3) is 4.33. The molecule has 14 heavy (non-hydrogen) atoms. The minimum atomic E-state index is -0.164. The van der Waals surface area contributed by atoms with Crippen LogP contribution in [0.15, 0.2) is 0 Å². The average molecular weight is 221 g/mol. The van der Waals surface area contributed by atoms with Gasteiger partial charge < -0.3 is 4.74 Å². The minimum Gasteiger partial charge on any atom is -0.468 e. The summed E-state index contributed by atoms with van der Waals surface area (Å²) in [5.41, 5.74) is 0. The maximum atomic E-state index is 11.3. The molecule has 0 aliphatic rings. The molecule has 86 valence electrons. The van der Waals surface area contributed by atoms with Crippen molar-refractivity contribution in [3.05, 3.63) is 0 Å². The number of nitrogens with zero attached hydrogens (tertiary/aromatic N) is 1. The van der Waals surface area contributed by atoms with Gasteiger partial charge in [-0.3, -0.25) is 9.69 Å². The van der Waals surface area contributed by atoms with Crippen LogP contribution in [0.5, 0.6) is 0 Å². The predicted molar refractivity (Wildman–Crippen MR) is 64.0 cm³/mol. The first kappa shape index (κ1) is 16.2. The Bertz CT molecular complexity index is 164. The average Bonchev–Trinajstić information content (AvgIpc) is 2.01. The summed E-state index contributed by atoms with van der Waals surface area (Å²) in [6, 6.07) is 0.549. The monoisotopic (exact) mass is 221 g/mol. The normalized spacial score (nSPS) is 12.9. The van der Waals surface area contributed by atoms with Gasteiger partial charge >= 0.3 is 5.97 Å². The molecule has 0 spiro atoms. The SMILES string of the molecule is COC(=O)[C@H](C)N(C(C)C)C(C)C.S. The van der Waals surface area contributed by atoms with Gasteiger partial charge in [0.1, 0.15) is 6.04 Å². The lowest BCUT2D eigenvalue weighted by Crippen LogP contribution is -2.47. The summed E-state index contributed by atoms with van der Waals surface area (Å²) in [7, 11) is 1.43. The van der Waals surface area contributed by atoms with Crippen molar-refractivity contribution in [1.29, 1.82) is 0 Å². The van der Waals surface area contributed by atoms with Crippen LogP contribution < -0.4 is 0 Å². The molecule has 0 saturated carbocycles. The summed E-state index contributed by atoms with van der Waals surface area (Å²) < 4.78 is 4.71. The van der Waals surface area contributed by atoms with Gasteiger partial charge in [0.25, 0.3) is 0 Å². The van der Waals surface area contributed by atoms with Crippen molar-refractivity contribution in [2.75, 3.05) is 7.11 Å². The molecule has 0 aromatic heterocycles. The van der Waals surface area contributed by atoms with Gasteiger partial charge in [0.15, 0.2) is 0 Å². The lowest BCUT2D eigenvalue weighted by atomic mass is 10.1. The van der Waals surface area contributed by atoms with Crippen molar-refractivity contribution >= 4 is 19.5 Å². The molecule has 1 atom stereocenters. The molecule has 0 radical (unpaired) electrons. The summed E-state index contributed by atoms with van der Waals surface area (Å²) in [6.45, 7) is 10.2. The Morgan fingerprint density at radius 3 is 1.64 bits per heavy atom. The summed E-state index contributed by atoms with van der Waals surface area (Å²) in [6.07, 6.45) is 0. The van der Waals surface area contributed by atoms with E-state index in [1.807, 2.05) is 6.92 Å². The van der Waals surface area contributed by atoms with E-state index in [1.54, 1.807) is 0 Å². The predicted octanol–water partition coefficient (Wildman–Crippen LogP) is 1.78. The number of hydrogen-bond donors (Lipinski definition) is 0. The van der Waals surface area contributed by atoms with E-state index in [9.17, 15) is 4.79 Å². The number of esters is 1. The molecule has 0 saturated heterocycles.